The second-order valence-electron chi connectivity index (χ2n) is 7.68. The summed E-state index contributed by atoms with van der Waals surface area (Å²) >= 11 is 0. The Bertz CT molecular complexity index is 721. The number of aryl methyl sites for hydroxylation is 2. The van der Waals surface area contributed by atoms with E-state index in [9.17, 15) is 9.59 Å². The third kappa shape index (κ3) is 3.00. The molecule has 3 aliphatic rings. The van der Waals surface area contributed by atoms with E-state index in [1.807, 2.05) is 29.7 Å². The molecule has 1 saturated carbocycles. The minimum atomic E-state index is 0.0199. The number of carbonyl (C=O) groups is 2. The minimum Gasteiger partial charge on any atom is -0.466 e. The Balaban J connectivity index is 1.40. The smallest absolute Gasteiger partial charge is 0.257 e. The van der Waals surface area contributed by atoms with E-state index in [2.05, 4.69) is 12.2 Å². The molecule has 2 aliphatic carbocycles. The molecule has 5 heteroatoms. The molecule has 1 saturated heterocycles. The monoisotopic (exact) mass is 342 g/mol. The van der Waals surface area contributed by atoms with Crippen molar-refractivity contribution in [1.29, 1.82) is 0 Å². The predicted molar refractivity (Wildman–Crippen MR) is 94.1 cm³/mol. The standard InChI is InChI=1S/C20H26N2O3/c1-13-10-17(14(2)25-13)19(23)21-6-3-7-22(9-8-21)20(24)18-12-15-4-5-16(18)11-15/h4-5,10,15-16,18H,3,6-9,11-12H2,1-2H3/t15-,16+,18+/m1/s1. The first-order valence-electron chi connectivity index (χ1n) is 9.36. The van der Waals surface area contributed by atoms with Crippen molar-refractivity contribution in [3.05, 3.63) is 35.3 Å². The third-order valence-electron chi connectivity index (χ3n) is 5.96. The summed E-state index contributed by atoms with van der Waals surface area (Å²) in [6.07, 6.45) is 7.49. The van der Waals surface area contributed by atoms with Crippen LogP contribution in [0.5, 0.6) is 0 Å². The van der Waals surface area contributed by atoms with Gasteiger partial charge in [0, 0.05) is 32.1 Å². The number of rotatable bonds is 2. The van der Waals surface area contributed by atoms with Crippen molar-refractivity contribution in [3.63, 3.8) is 0 Å². The van der Waals surface area contributed by atoms with Crippen molar-refractivity contribution in [3.8, 4) is 0 Å². The van der Waals surface area contributed by atoms with Gasteiger partial charge in [0.1, 0.15) is 11.5 Å². The van der Waals surface area contributed by atoms with Crippen LogP contribution in [0.15, 0.2) is 22.6 Å². The highest BCUT2D eigenvalue weighted by Crippen LogP contribution is 2.44. The Morgan fingerprint density at radius 2 is 1.80 bits per heavy atom. The zero-order valence-corrected chi connectivity index (χ0v) is 15.0. The number of amides is 2. The second-order valence-corrected chi connectivity index (χ2v) is 7.68. The first kappa shape index (κ1) is 16.4. The lowest BCUT2D eigenvalue weighted by Gasteiger charge is -2.27. The maximum absolute atomic E-state index is 12.9. The van der Waals surface area contributed by atoms with Crippen LogP contribution in [-0.4, -0.2) is 47.8 Å². The second kappa shape index (κ2) is 6.36. The van der Waals surface area contributed by atoms with Gasteiger partial charge in [-0.25, -0.2) is 0 Å². The molecule has 0 unspecified atom stereocenters. The molecule has 2 amide bonds. The zero-order chi connectivity index (χ0) is 17.6. The molecule has 2 heterocycles. The van der Waals surface area contributed by atoms with Crippen molar-refractivity contribution in [2.24, 2.45) is 17.8 Å². The molecule has 1 aliphatic heterocycles. The molecule has 0 radical (unpaired) electrons. The Morgan fingerprint density at radius 1 is 1.04 bits per heavy atom. The number of hydrogen-bond donors (Lipinski definition) is 0. The predicted octanol–water partition coefficient (Wildman–Crippen LogP) is 2.78. The maximum Gasteiger partial charge on any atom is 0.257 e. The van der Waals surface area contributed by atoms with Crippen molar-refractivity contribution < 1.29 is 14.0 Å². The van der Waals surface area contributed by atoms with Crippen LogP contribution >= 0.6 is 0 Å². The van der Waals surface area contributed by atoms with Gasteiger partial charge in [-0.05, 0) is 51.0 Å². The quantitative estimate of drug-likeness (QED) is 0.777. The van der Waals surface area contributed by atoms with Crippen LogP contribution in [0.4, 0.5) is 0 Å². The van der Waals surface area contributed by atoms with Gasteiger partial charge in [0.05, 0.1) is 5.56 Å². The van der Waals surface area contributed by atoms with Gasteiger partial charge in [0.25, 0.3) is 5.91 Å². The van der Waals surface area contributed by atoms with Crippen LogP contribution < -0.4 is 0 Å². The van der Waals surface area contributed by atoms with Crippen molar-refractivity contribution in [2.75, 3.05) is 26.2 Å². The fourth-order valence-electron chi connectivity index (χ4n) is 4.65. The van der Waals surface area contributed by atoms with Crippen LogP contribution in [0.1, 0.15) is 41.1 Å². The number of fused-ring (bicyclic) bond motifs is 2. The van der Waals surface area contributed by atoms with Gasteiger partial charge in [0.2, 0.25) is 5.91 Å². The maximum atomic E-state index is 12.9. The van der Waals surface area contributed by atoms with E-state index < -0.39 is 0 Å². The van der Waals surface area contributed by atoms with Gasteiger partial charge in [0.15, 0.2) is 0 Å². The molecule has 25 heavy (non-hydrogen) atoms. The van der Waals surface area contributed by atoms with Crippen molar-refractivity contribution >= 4 is 11.8 Å². The first-order chi connectivity index (χ1) is 12.0. The summed E-state index contributed by atoms with van der Waals surface area (Å²) in [6.45, 7) is 6.38. The molecule has 0 spiro atoms. The molecule has 1 aromatic rings. The third-order valence-corrected chi connectivity index (χ3v) is 5.96. The van der Waals surface area contributed by atoms with Gasteiger partial charge in [-0.1, -0.05) is 12.2 Å². The molecule has 134 valence electrons. The van der Waals surface area contributed by atoms with Gasteiger partial charge in [-0.2, -0.15) is 0 Å². The number of furan rings is 1. The fraction of sp³-hybridized carbons (Fsp3) is 0.600. The average Bonchev–Trinajstić information content (AvgIpc) is 3.24. The Morgan fingerprint density at radius 3 is 2.44 bits per heavy atom. The molecule has 2 fully saturated rings. The molecular formula is C20H26N2O3. The van der Waals surface area contributed by atoms with Gasteiger partial charge in [-0.3, -0.25) is 9.59 Å². The van der Waals surface area contributed by atoms with E-state index in [0.717, 1.165) is 31.6 Å². The van der Waals surface area contributed by atoms with Crippen molar-refractivity contribution in [1.82, 2.24) is 9.80 Å². The molecule has 4 rings (SSSR count). The van der Waals surface area contributed by atoms with Crippen LogP contribution in [0, 0.1) is 31.6 Å². The molecule has 0 N–H and O–H groups in total. The number of hydrogen-bond acceptors (Lipinski definition) is 3. The molecule has 5 nitrogen and oxygen atoms in total. The highest BCUT2D eigenvalue weighted by atomic mass is 16.3. The van der Waals surface area contributed by atoms with Crippen LogP contribution in [0.2, 0.25) is 0 Å². The topological polar surface area (TPSA) is 53.8 Å². The van der Waals surface area contributed by atoms with E-state index in [1.54, 1.807) is 0 Å². The van der Waals surface area contributed by atoms with E-state index in [-0.39, 0.29) is 11.8 Å². The van der Waals surface area contributed by atoms with E-state index in [4.69, 9.17) is 4.42 Å². The molecule has 3 atom stereocenters. The van der Waals surface area contributed by atoms with Crippen LogP contribution in [0.25, 0.3) is 0 Å². The normalized spacial score (nSPS) is 28.5. The van der Waals surface area contributed by atoms with Gasteiger partial charge in [-0.15, -0.1) is 0 Å². The van der Waals surface area contributed by atoms with E-state index >= 15 is 0 Å². The number of nitrogens with zero attached hydrogens (tertiary/aromatic N) is 2. The largest absolute Gasteiger partial charge is 0.466 e. The van der Waals surface area contributed by atoms with Crippen LogP contribution in [0.3, 0.4) is 0 Å². The summed E-state index contributed by atoms with van der Waals surface area (Å²) in [6, 6.07) is 1.81. The van der Waals surface area contributed by atoms with Crippen LogP contribution in [-0.2, 0) is 4.79 Å². The van der Waals surface area contributed by atoms with Gasteiger partial charge < -0.3 is 14.2 Å². The van der Waals surface area contributed by atoms with Gasteiger partial charge >= 0.3 is 0 Å². The Kier molecular flexibility index (Phi) is 4.18. The fourth-order valence-corrected chi connectivity index (χ4v) is 4.65. The highest BCUT2D eigenvalue weighted by molar-refractivity contribution is 5.95. The zero-order valence-electron chi connectivity index (χ0n) is 15.0. The summed E-state index contributed by atoms with van der Waals surface area (Å²) in [5, 5.41) is 0. The molecule has 1 aromatic heterocycles. The number of allylic oxidation sites excluding steroid dienone is 2. The van der Waals surface area contributed by atoms with E-state index in [1.165, 1.54) is 0 Å². The summed E-state index contributed by atoms with van der Waals surface area (Å²) in [7, 11) is 0. The molecule has 2 bridgehead atoms. The molecular weight excluding hydrogens is 316 g/mol. The SMILES string of the molecule is Cc1cc(C(=O)N2CCCN(C(=O)[C@H]3C[C@@H]4C=C[C@H]3C4)CC2)c(C)o1. The first-order valence-corrected chi connectivity index (χ1v) is 9.36. The summed E-state index contributed by atoms with van der Waals surface area (Å²) in [5.74, 6) is 2.96. The molecule has 0 aromatic carbocycles. The van der Waals surface area contributed by atoms with Crippen molar-refractivity contribution in [2.45, 2.75) is 33.1 Å². The summed E-state index contributed by atoms with van der Waals surface area (Å²) < 4.78 is 5.49. The lowest BCUT2D eigenvalue weighted by molar-refractivity contribution is -0.136. The lowest BCUT2D eigenvalue weighted by Crippen LogP contribution is -2.41. The summed E-state index contributed by atoms with van der Waals surface area (Å²) in [4.78, 5) is 29.5. The minimum absolute atomic E-state index is 0.0199. The summed E-state index contributed by atoms with van der Waals surface area (Å²) in [5.41, 5.74) is 0.649. The number of carbonyl (C=O) groups excluding carboxylic acids is 2. The Hall–Kier alpha value is -2.04. The van der Waals surface area contributed by atoms with E-state index in [0.29, 0.717) is 48.7 Å². The average molecular weight is 342 g/mol. The lowest BCUT2D eigenvalue weighted by atomic mass is 9.92. The Labute approximate surface area is 148 Å². The highest BCUT2D eigenvalue weighted by Gasteiger charge is 2.41.